The van der Waals surface area contributed by atoms with E-state index in [-0.39, 0.29) is 0 Å². The van der Waals surface area contributed by atoms with Gasteiger partial charge in [0.05, 0.1) is 11.1 Å². The first-order chi connectivity index (χ1) is 9.56. The Morgan fingerprint density at radius 1 is 0.950 bits per heavy atom. The Labute approximate surface area is 131 Å². The van der Waals surface area contributed by atoms with Gasteiger partial charge in [0, 0.05) is 15.4 Å². The summed E-state index contributed by atoms with van der Waals surface area (Å²) in [4.78, 5) is 0. The molecular weight excluding hydrogens is 317 g/mol. The van der Waals surface area contributed by atoms with E-state index in [1.54, 1.807) is 18.2 Å². The molecule has 0 saturated carbocycles. The molecule has 0 fully saturated rings. The Bertz CT molecular complexity index is 782. The van der Waals surface area contributed by atoms with Crippen molar-refractivity contribution in [2.45, 2.75) is 6.04 Å². The molecule has 1 heterocycles. The Morgan fingerprint density at radius 3 is 2.45 bits per heavy atom. The van der Waals surface area contributed by atoms with Crippen molar-refractivity contribution in [2.24, 2.45) is 5.73 Å². The Hall–Kier alpha value is -1.19. The fourth-order valence-corrected chi connectivity index (χ4v) is 2.85. The highest BCUT2D eigenvalue weighted by molar-refractivity contribution is 6.35. The van der Waals surface area contributed by atoms with Crippen molar-refractivity contribution in [1.29, 1.82) is 0 Å². The first kappa shape index (κ1) is 13.8. The second-order valence-electron chi connectivity index (χ2n) is 4.44. The molecule has 2 nitrogen and oxygen atoms in total. The smallest absolute Gasteiger partial charge is 0.135 e. The summed E-state index contributed by atoms with van der Waals surface area (Å²) >= 11 is 18.2. The topological polar surface area (TPSA) is 39.2 Å². The monoisotopic (exact) mass is 325 g/mol. The normalized spacial score (nSPS) is 12.8. The third-order valence-electron chi connectivity index (χ3n) is 3.13. The molecule has 0 spiro atoms. The second kappa shape index (κ2) is 5.30. The zero-order valence-corrected chi connectivity index (χ0v) is 12.5. The van der Waals surface area contributed by atoms with Crippen LogP contribution in [0.1, 0.15) is 17.4 Å². The van der Waals surface area contributed by atoms with Crippen LogP contribution in [0, 0.1) is 0 Å². The van der Waals surface area contributed by atoms with Gasteiger partial charge in [-0.25, -0.2) is 0 Å². The number of fused-ring (bicyclic) bond motifs is 1. The van der Waals surface area contributed by atoms with E-state index < -0.39 is 6.04 Å². The molecule has 1 unspecified atom stereocenters. The van der Waals surface area contributed by atoms with Crippen molar-refractivity contribution in [3.05, 3.63) is 68.9 Å². The molecule has 1 aromatic heterocycles. The van der Waals surface area contributed by atoms with Crippen LogP contribution in [0.2, 0.25) is 15.1 Å². The number of hydrogen-bond donors (Lipinski definition) is 1. The molecule has 1 atom stereocenters. The van der Waals surface area contributed by atoms with Crippen LogP contribution in [0.5, 0.6) is 0 Å². The van der Waals surface area contributed by atoms with Crippen LogP contribution in [0.15, 0.2) is 46.9 Å². The van der Waals surface area contributed by atoms with E-state index in [0.717, 1.165) is 10.9 Å². The maximum absolute atomic E-state index is 6.22. The molecule has 20 heavy (non-hydrogen) atoms. The highest BCUT2D eigenvalue weighted by atomic mass is 35.5. The van der Waals surface area contributed by atoms with Crippen LogP contribution in [0.25, 0.3) is 11.0 Å². The summed E-state index contributed by atoms with van der Waals surface area (Å²) in [6, 6.07) is 12.1. The summed E-state index contributed by atoms with van der Waals surface area (Å²) in [6.07, 6.45) is 0. The Morgan fingerprint density at radius 2 is 1.75 bits per heavy atom. The fourth-order valence-electron chi connectivity index (χ4n) is 2.11. The molecule has 2 N–H and O–H groups in total. The van der Waals surface area contributed by atoms with Gasteiger partial charge in [-0.05, 0) is 35.9 Å². The Balaban J connectivity index is 2.08. The van der Waals surface area contributed by atoms with Crippen molar-refractivity contribution >= 4 is 45.8 Å². The molecule has 0 amide bonds. The van der Waals surface area contributed by atoms with Gasteiger partial charge in [-0.2, -0.15) is 0 Å². The van der Waals surface area contributed by atoms with Crippen LogP contribution in [-0.2, 0) is 0 Å². The lowest BCUT2D eigenvalue weighted by molar-refractivity contribution is 0.525. The largest absolute Gasteiger partial charge is 0.459 e. The van der Waals surface area contributed by atoms with Crippen LogP contribution >= 0.6 is 34.8 Å². The molecule has 102 valence electrons. The van der Waals surface area contributed by atoms with Gasteiger partial charge >= 0.3 is 0 Å². The number of nitrogens with two attached hydrogens (primary N) is 1. The van der Waals surface area contributed by atoms with Crippen molar-refractivity contribution < 1.29 is 4.42 Å². The lowest BCUT2D eigenvalue weighted by Crippen LogP contribution is -2.11. The molecule has 0 saturated heterocycles. The van der Waals surface area contributed by atoms with Gasteiger partial charge in [-0.3, -0.25) is 0 Å². The number of hydrogen-bond acceptors (Lipinski definition) is 2. The second-order valence-corrected chi connectivity index (χ2v) is 5.69. The molecule has 5 heteroatoms. The van der Waals surface area contributed by atoms with E-state index in [2.05, 4.69) is 0 Å². The third-order valence-corrected chi connectivity index (χ3v) is 4.02. The quantitative estimate of drug-likeness (QED) is 0.681. The molecular formula is C15H10Cl3NO. The summed E-state index contributed by atoms with van der Waals surface area (Å²) < 4.78 is 5.75. The predicted molar refractivity (Wildman–Crippen MR) is 83.7 cm³/mol. The van der Waals surface area contributed by atoms with Crippen molar-refractivity contribution in [2.75, 3.05) is 0 Å². The molecule has 0 aliphatic heterocycles. The van der Waals surface area contributed by atoms with E-state index >= 15 is 0 Å². The zero-order valence-electron chi connectivity index (χ0n) is 10.2. The van der Waals surface area contributed by atoms with Gasteiger partial charge in [0.1, 0.15) is 11.3 Å². The van der Waals surface area contributed by atoms with Crippen molar-refractivity contribution in [3.63, 3.8) is 0 Å². The number of benzene rings is 2. The lowest BCUT2D eigenvalue weighted by atomic mass is 10.1. The maximum atomic E-state index is 6.22. The number of rotatable bonds is 2. The summed E-state index contributed by atoms with van der Waals surface area (Å²) in [5.41, 5.74) is 7.67. The van der Waals surface area contributed by atoms with E-state index in [0.29, 0.717) is 26.4 Å². The van der Waals surface area contributed by atoms with Crippen LogP contribution in [0.4, 0.5) is 0 Å². The van der Waals surface area contributed by atoms with Crippen LogP contribution < -0.4 is 5.73 Å². The van der Waals surface area contributed by atoms with E-state index in [1.807, 2.05) is 24.3 Å². The van der Waals surface area contributed by atoms with Gasteiger partial charge < -0.3 is 10.2 Å². The lowest BCUT2D eigenvalue weighted by Gasteiger charge is -2.11. The van der Waals surface area contributed by atoms with E-state index in [9.17, 15) is 0 Å². The molecule has 0 aliphatic rings. The fraction of sp³-hybridized carbons (Fsp3) is 0.0667. The van der Waals surface area contributed by atoms with Crippen LogP contribution in [-0.4, -0.2) is 0 Å². The molecule has 3 aromatic rings. The van der Waals surface area contributed by atoms with Crippen molar-refractivity contribution in [1.82, 2.24) is 0 Å². The minimum absolute atomic E-state index is 0.469. The molecule has 0 aliphatic carbocycles. The summed E-state index contributed by atoms with van der Waals surface area (Å²) in [6.45, 7) is 0. The summed E-state index contributed by atoms with van der Waals surface area (Å²) in [5, 5.41) is 2.55. The van der Waals surface area contributed by atoms with E-state index in [1.165, 1.54) is 0 Å². The number of furan rings is 1. The van der Waals surface area contributed by atoms with Gasteiger partial charge in [0.25, 0.3) is 0 Å². The highest BCUT2D eigenvalue weighted by Gasteiger charge is 2.18. The first-order valence-electron chi connectivity index (χ1n) is 5.95. The number of halogens is 3. The average molecular weight is 327 g/mol. The third kappa shape index (κ3) is 2.40. The zero-order chi connectivity index (χ0) is 14.3. The van der Waals surface area contributed by atoms with Gasteiger partial charge in [0.2, 0.25) is 0 Å². The summed E-state index contributed by atoms with van der Waals surface area (Å²) in [5.74, 6) is 0.609. The van der Waals surface area contributed by atoms with Gasteiger partial charge in [-0.15, -0.1) is 0 Å². The van der Waals surface area contributed by atoms with Crippen molar-refractivity contribution in [3.8, 4) is 0 Å². The summed E-state index contributed by atoms with van der Waals surface area (Å²) in [7, 11) is 0. The molecule has 2 aromatic carbocycles. The molecule has 0 radical (unpaired) electrons. The van der Waals surface area contributed by atoms with E-state index in [4.69, 9.17) is 45.0 Å². The van der Waals surface area contributed by atoms with Gasteiger partial charge in [-0.1, -0.05) is 46.9 Å². The maximum Gasteiger partial charge on any atom is 0.135 e. The standard InChI is InChI=1S/C15H10Cl3NO/c16-8-4-5-9(12(18)6-8)15(19)14-7-10-11(17)2-1-3-13(10)20-14/h1-7,15H,19H2. The molecule has 0 bridgehead atoms. The minimum Gasteiger partial charge on any atom is -0.459 e. The SMILES string of the molecule is NC(c1cc2c(Cl)cccc2o1)c1ccc(Cl)cc1Cl. The predicted octanol–water partition coefficient (Wildman–Crippen LogP) is 5.44. The van der Waals surface area contributed by atoms with Crippen LogP contribution in [0.3, 0.4) is 0 Å². The minimum atomic E-state index is -0.469. The molecule has 3 rings (SSSR count). The first-order valence-corrected chi connectivity index (χ1v) is 7.08. The average Bonchev–Trinajstić information content (AvgIpc) is 2.83. The highest BCUT2D eigenvalue weighted by Crippen LogP contribution is 2.33. The van der Waals surface area contributed by atoms with Gasteiger partial charge in [0.15, 0.2) is 0 Å². The Kier molecular flexibility index (Phi) is 3.65.